The van der Waals surface area contributed by atoms with Crippen molar-refractivity contribution >= 4 is 5.91 Å². The van der Waals surface area contributed by atoms with Crippen LogP contribution in [-0.2, 0) is 24.3 Å². The summed E-state index contributed by atoms with van der Waals surface area (Å²) in [5.74, 6) is -0.0758. The largest absolute Gasteiger partial charge is 0.435 e. The highest BCUT2D eigenvalue weighted by Gasteiger charge is 2.08. The van der Waals surface area contributed by atoms with E-state index in [1.165, 1.54) is 12.1 Å². The van der Waals surface area contributed by atoms with Gasteiger partial charge in [0.25, 0.3) is 0 Å². The van der Waals surface area contributed by atoms with Crippen molar-refractivity contribution in [3.63, 3.8) is 0 Å². The summed E-state index contributed by atoms with van der Waals surface area (Å²) in [6, 6.07) is 15.8. The minimum Gasteiger partial charge on any atom is -0.435 e. The molecule has 0 radical (unpaired) electrons. The molecule has 5 nitrogen and oxygen atoms in total. The summed E-state index contributed by atoms with van der Waals surface area (Å²) in [5.41, 5.74) is 2.82. The van der Waals surface area contributed by atoms with Gasteiger partial charge in [-0.15, -0.1) is 0 Å². The van der Waals surface area contributed by atoms with Gasteiger partial charge in [-0.1, -0.05) is 36.4 Å². The first-order valence-corrected chi connectivity index (χ1v) is 8.45. The molecule has 0 bridgehead atoms. The van der Waals surface area contributed by atoms with Crippen LogP contribution in [0.1, 0.15) is 16.7 Å². The Morgan fingerprint density at radius 3 is 2.48 bits per heavy atom. The third-order valence-corrected chi connectivity index (χ3v) is 4.00. The summed E-state index contributed by atoms with van der Waals surface area (Å²) in [7, 11) is 0. The molecule has 0 spiro atoms. The van der Waals surface area contributed by atoms with Crippen LogP contribution >= 0.6 is 0 Å². The first-order valence-electron chi connectivity index (χ1n) is 8.45. The molecule has 27 heavy (non-hydrogen) atoms. The van der Waals surface area contributed by atoms with Gasteiger partial charge in [-0.25, -0.2) is 0 Å². The van der Waals surface area contributed by atoms with E-state index in [1.807, 2.05) is 41.2 Å². The molecular weight excluding hydrogens is 352 g/mol. The lowest BCUT2D eigenvalue weighted by Gasteiger charge is -2.11. The van der Waals surface area contributed by atoms with E-state index >= 15 is 0 Å². The number of halogens is 2. The first kappa shape index (κ1) is 18.6. The van der Waals surface area contributed by atoms with Crippen LogP contribution in [0.15, 0.2) is 67.0 Å². The van der Waals surface area contributed by atoms with Gasteiger partial charge >= 0.3 is 6.61 Å². The van der Waals surface area contributed by atoms with Crippen molar-refractivity contribution in [3.8, 4) is 5.75 Å². The predicted octanol–water partition coefficient (Wildman–Crippen LogP) is 3.39. The van der Waals surface area contributed by atoms with E-state index in [2.05, 4.69) is 15.2 Å². The smallest absolute Gasteiger partial charge is 0.387 e. The quantitative estimate of drug-likeness (QED) is 0.660. The molecule has 1 N–H and O–H groups in total. The maximum absolute atomic E-state index is 12.2. The molecule has 0 fully saturated rings. The van der Waals surface area contributed by atoms with Crippen molar-refractivity contribution < 1.29 is 18.3 Å². The van der Waals surface area contributed by atoms with Gasteiger partial charge in [0.05, 0.1) is 13.0 Å². The average Bonchev–Trinajstić information content (AvgIpc) is 3.15. The molecule has 0 aliphatic heterocycles. The molecule has 1 heterocycles. The third-order valence-electron chi connectivity index (χ3n) is 4.00. The van der Waals surface area contributed by atoms with Gasteiger partial charge in [0.2, 0.25) is 5.91 Å². The third kappa shape index (κ3) is 5.64. The Morgan fingerprint density at radius 2 is 1.81 bits per heavy atom. The Balaban J connectivity index is 1.55. The van der Waals surface area contributed by atoms with Crippen molar-refractivity contribution in [3.05, 3.63) is 83.7 Å². The van der Waals surface area contributed by atoms with Gasteiger partial charge in [-0.2, -0.15) is 13.9 Å². The van der Waals surface area contributed by atoms with Crippen LogP contribution in [0, 0.1) is 0 Å². The molecule has 0 unspecified atom stereocenters. The minimum atomic E-state index is -2.86. The highest BCUT2D eigenvalue weighted by atomic mass is 19.3. The highest BCUT2D eigenvalue weighted by molar-refractivity contribution is 5.78. The first-order chi connectivity index (χ1) is 13.1. The topological polar surface area (TPSA) is 56.1 Å². The Morgan fingerprint density at radius 1 is 1.07 bits per heavy atom. The zero-order chi connectivity index (χ0) is 19.1. The number of ether oxygens (including phenoxy) is 1. The van der Waals surface area contributed by atoms with Crippen LogP contribution in [0.2, 0.25) is 0 Å². The molecule has 3 rings (SSSR count). The van der Waals surface area contributed by atoms with E-state index in [0.717, 1.165) is 16.7 Å². The average molecular weight is 371 g/mol. The lowest BCUT2D eigenvalue weighted by molar-refractivity contribution is -0.120. The Bertz CT molecular complexity index is 865. The number of aromatic nitrogens is 2. The summed E-state index contributed by atoms with van der Waals surface area (Å²) in [6.07, 6.45) is 3.77. The monoisotopic (exact) mass is 371 g/mol. The zero-order valence-corrected chi connectivity index (χ0v) is 14.5. The number of nitrogens with zero attached hydrogens (tertiary/aromatic N) is 2. The van der Waals surface area contributed by atoms with Crippen molar-refractivity contribution in [1.29, 1.82) is 0 Å². The van der Waals surface area contributed by atoms with Crippen LogP contribution in [0.3, 0.4) is 0 Å². The van der Waals surface area contributed by atoms with Crippen molar-refractivity contribution in [2.45, 2.75) is 26.1 Å². The number of carbonyl (C=O) groups is 1. The second-order valence-corrected chi connectivity index (χ2v) is 5.95. The van der Waals surface area contributed by atoms with Gasteiger partial charge in [0.1, 0.15) is 5.75 Å². The van der Waals surface area contributed by atoms with Gasteiger partial charge < -0.3 is 10.1 Å². The van der Waals surface area contributed by atoms with E-state index < -0.39 is 6.61 Å². The molecule has 0 aliphatic carbocycles. The summed E-state index contributed by atoms with van der Waals surface area (Å²) >= 11 is 0. The summed E-state index contributed by atoms with van der Waals surface area (Å²) in [5, 5.41) is 7.10. The number of carbonyl (C=O) groups excluding carboxylic acids is 1. The number of hydrogen-bond donors (Lipinski definition) is 1. The molecule has 3 aromatic rings. The second kappa shape index (κ2) is 8.93. The van der Waals surface area contributed by atoms with Crippen LogP contribution in [-0.4, -0.2) is 22.3 Å². The molecule has 0 atom stereocenters. The van der Waals surface area contributed by atoms with Crippen LogP contribution < -0.4 is 10.1 Å². The summed E-state index contributed by atoms with van der Waals surface area (Å²) in [4.78, 5) is 12.2. The number of amides is 1. The van der Waals surface area contributed by atoms with Gasteiger partial charge in [0.15, 0.2) is 0 Å². The standard InChI is InChI=1S/C20H19F2N3O2/c21-20(22)27-18-8-6-15(7-9-18)12-19(26)23-13-16-4-1-2-5-17(16)14-25-11-3-10-24-25/h1-11,20H,12-14H2,(H,23,26). The maximum atomic E-state index is 12.2. The molecule has 0 aliphatic rings. The van der Waals surface area contributed by atoms with E-state index in [-0.39, 0.29) is 18.1 Å². The highest BCUT2D eigenvalue weighted by Crippen LogP contribution is 2.15. The number of hydrogen-bond acceptors (Lipinski definition) is 3. The molecule has 140 valence electrons. The van der Waals surface area contributed by atoms with Crippen LogP contribution in [0.5, 0.6) is 5.75 Å². The van der Waals surface area contributed by atoms with Gasteiger partial charge in [0, 0.05) is 18.9 Å². The number of benzene rings is 2. The number of rotatable bonds is 8. The second-order valence-electron chi connectivity index (χ2n) is 5.95. The number of alkyl halides is 2. The summed E-state index contributed by atoms with van der Waals surface area (Å²) < 4.78 is 30.4. The fraction of sp³-hybridized carbons (Fsp3) is 0.200. The lowest BCUT2D eigenvalue weighted by Crippen LogP contribution is -2.25. The molecule has 1 amide bonds. The van der Waals surface area contributed by atoms with E-state index in [0.29, 0.717) is 13.1 Å². The fourth-order valence-corrected chi connectivity index (χ4v) is 2.68. The molecular formula is C20H19F2N3O2. The Labute approximate surface area is 155 Å². The molecule has 0 saturated carbocycles. The van der Waals surface area contributed by atoms with E-state index in [1.54, 1.807) is 18.3 Å². The Kier molecular flexibility index (Phi) is 6.14. The molecule has 2 aromatic carbocycles. The number of nitrogens with one attached hydrogen (secondary N) is 1. The molecule has 0 saturated heterocycles. The van der Waals surface area contributed by atoms with Gasteiger partial charge in [-0.3, -0.25) is 9.48 Å². The fourth-order valence-electron chi connectivity index (χ4n) is 2.68. The summed E-state index contributed by atoms with van der Waals surface area (Å²) in [6.45, 7) is -1.83. The predicted molar refractivity (Wildman–Crippen MR) is 96.4 cm³/mol. The minimum absolute atomic E-state index is 0.0710. The van der Waals surface area contributed by atoms with E-state index in [4.69, 9.17) is 0 Å². The maximum Gasteiger partial charge on any atom is 0.387 e. The van der Waals surface area contributed by atoms with Crippen molar-refractivity contribution in [1.82, 2.24) is 15.1 Å². The van der Waals surface area contributed by atoms with Crippen LogP contribution in [0.25, 0.3) is 0 Å². The van der Waals surface area contributed by atoms with E-state index in [9.17, 15) is 13.6 Å². The van der Waals surface area contributed by atoms with Crippen molar-refractivity contribution in [2.24, 2.45) is 0 Å². The van der Waals surface area contributed by atoms with Gasteiger partial charge in [-0.05, 0) is 34.9 Å². The lowest BCUT2D eigenvalue weighted by atomic mass is 10.1. The van der Waals surface area contributed by atoms with Crippen molar-refractivity contribution in [2.75, 3.05) is 0 Å². The normalized spacial score (nSPS) is 10.8. The zero-order valence-electron chi connectivity index (χ0n) is 14.5. The molecule has 7 heteroatoms. The molecule has 1 aromatic heterocycles. The van der Waals surface area contributed by atoms with Crippen LogP contribution in [0.4, 0.5) is 8.78 Å². The SMILES string of the molecule is O=C(Cc1ccc(OC(F)F)cc1)NCc1ccccc1Cn1cccn1. The Hall–Kier alpha value is -3.22.